The second-order valence-corrected chi connectivity index (χ2v) is 5.78. The Morgan fingerprint density at radius 3 is 2.55 bits per heavy atom. The van der Waals surface area contributed by atoms with Gasteiger partial charge < -0.3 is 5.11 Å². The first kappa shape index (κ1) is 14.8. The van der Waals surface area contributed by atoms with Crippen molar-refractivity contribution in [3.63, 3.8) is 0 Å². The highest BCUT2D eigenvalue weighted by atomic mass is 19.4. The van der Waals surface area contributed by atoms with Gasteiger partial charge in [0.2, 0.25) is 0 Å². The Morgan fingerprint density at radius 1 is 1.55 bits per heavy atom. The first-order valence-electron chi connectivity index (χ1n) is 6.09. The third-order valence-corrected chi connectivity index (χ3v) is 3.58. The minimum atomic E-state index is -4.49. The fourth-order valence-corrected chi connectivity index (χ4v) is 2.72. The van der Waals surface area contributed by atoms with Crippen LogP contribution in [0.1, 0.15) is 25.2 Å². The van der Waals surface area contributed by atoms with E-state index in [1.165, 1.54) is 7.05 Å². The first-order chi connectivity index (χ1) is 9.02. The van der Waals surface area contributed by atoms with Crippen LogP contribution in [0.25, 0.3) is 0 Å². The van der Waals surface area contributed by atoms with Gasteiger partial charge in [0.1, 0.15) is 6.04 Å². The minimum Gasteiger partial charge on any atom is -0.480 e. The van der Waals surface area contributed by atoms with E-state index in [0.717, 1.165) is 10.7 Å². The maximum Gasteiger partial charge on any atom is 0.435 e. The van der Waals surface area contributed by atoms with Crippen molar-refractivity contribution in [2.45, 2.75) is 32.6 Å². The Morgan fingerprint density at radius 2 is 2.15 bits per heavy atom. The van der Waals surface area contributed by atoms with Gasteiger partial charge in [-0.1, -0.05) is 13.8 Å². The van der Waals surface area contributed by atoms with Crippen LogP contribution in [0, 0.1) is 5.41 Å². The number of halogens is 3. The lowest BCUT2D eigenvalue weighted by molar-refractivity contribution is -0.162. The molecule has 112 valence electrons. The quantitative estimate of drug-likeness (QED) is 0.921. The van der Waals surface area contributed by atoms with Crippen molar-refractivity contribution in [1.29, 1.82) is 0 Å². The van der Waals surface area contributed by atoms with Gasteiger partial charge >= 0.3 is 12.1 Å². The van der Waals surface area contributed by atoms with E-state index >= 15 is 0 Å². The van der Waals surface area contributed by atoms with Gasteiger partial charge in [-0.25, -0.2) is 0 Å². The molecule has 1 unspecified atom stereocenters. The summed E-state index contributed by atoms with van der Waals surface area (Å²) in [5.74, 6) is -0.959. The molecule has 1 aliphatic heterocycles. The van der Waals surface area contributed by atoms with E-state index in [1.807, 2.05) is 13.8 Å². The molecule has 5 nitrogen and oxygen atoms in total. The number of hydrogen-bond donors (Lipinski definition) is 1. The third-order valence-electron chi connectivity index (χ3n) is 3.58. The van der Waals surface area contributed by atoms with E-state index in [2.05, 4.69) is 5.10 Å². The fourth-order valence-electron chi connectivity index (χ4n) is 2.72. The molecule has 1 fully saturated rings. The number of aryl methyl sites for hydroxylation is 1. The normalized spacial score (nSPS) is 22.6. The molecule has 0 radical (unpaired) electrons. The summed E-state index contributed by atoms with van der Waals surface area (Å²) in [5.41, 5.74) is -0.988. The summed E-state index contributed by atoms with van der Waals surface area (Å²) in [7, 11) is 1.42. The molecule has 1 atom stereocenters. The monoisotopic (exact) mass is 291 g/mol. The van der Waals surface area contributed by atoms with E-state index in [9.17, 15) is 23.1 Å². The van der Waals surface area contributed by atoms with Crippen molar-refractivity contribution in [2.75, 3.05) is 6.54 Å². The van der Waals surface area contributed by atoms with Gasteiger partial charge in [0.25, 0.3) is 0 Å². The van der Waals surface area contributed by atoms with Crippen molar-refractivity contribution in [2.24, 2.45) is 12.5 Å². The SMILES string of the molecule is Cn1nc(C(F)(F)F)cc1CN1CC(C)(C)C1C(=O)O. The van der Waals surface area contributed by atoms with Crippen molar-refractivity contribution in [1.82, 2.24) is 14.7 Å². The lowest BCUT2D eigenvalue weighted by Gasteiger charge is -2.51. The van der Waals surface area contributed by atoms with Crippen LogP contribution in [0.4, 0.5) is 13.2 Å². The van der Waals surface area contributed by atoms with Crippen LogP contribution >= 0.6 is 0 Å². The van der Waals surface area contributed by atoms with E-state index in [-0.39, 0.29) is 12.0 Å². The number of likely N-dealkylation sites (tertiary alicyclic amines) is 1. The third kappa shape index (κ3) is 2.52. The highest BCUT2D eigenvalue weighted by molar-refractivity contribution is 5.76. The summed E-state index contributed by atoms with van der Waals surface area (Å²) < 4.78 is 38.8. The first-order valence-corrected chi connectivity index (χ1v) is 6.09. The summed E-state index contributed by atoms with van der Waals surface area (Å²) in [4.78, 5) is 12.8. The number of carboxylic acid groups (broad SMARTS) is 1. The maximum atomic E-state index is 12.6. The predicted octanol–water partition coefficient (Wildman–Crippen LogP) is 1.73. The molecule has 2 rings (SSSR count). The number of carbonyl (C=O) groups is 1. The van der Waals surface area contributed by atoms with Crippen LogP contribution in [0.2, 0.25) is 0 Å². The molecule has 8 heteroatoms. The van der Waals surface area contributed by atoms with Crippen molar-refractivity contribution in [3.05, 3.63) is 17.5 Å². The van der Waals surface area contributed by atoms with Crippen LogP contribution < -0.4 is 0 Å². The van der Waals surface area contributed by atoms with Crippen LogP contribution in [0.5, 0.6) is 0 Å². The highest BCUT2D eigenvalue weighted by Crippen LogP contribution is 2.38. The maximum absolute atomic E-state index is 12.6. The Kier molecular flexibility index (Phi) is 3.32. The number of aliphatic carboxylic acids is 1. The molecule has 1 aromatic heterocycles. The average Bonchev–Trinajstić information content (AvgIpc) is 2.57. The van der Waals surface area contributed by atoms with Gasteiger partial charge in [-0.3, -0.25) is 14.4 Å². The minimum absolute atomic E-state index is 0.139. The summed E-state index contributed by atoms with van der Waals surface area (Å²) in [6.07, 6.45) is -4.49. The second kappa shape index (κ2) is 4.47. The molecule has 1 saturated heterocycles. The zero-order valence-corrected chi connectivity index (χ0v) is 11.4. The van der Waals surface area contributed by atoms with Gasteiger partial charge in [0.05, 0.1) is 5.69 Å². The van der Waals surface area contributed by atoms with E-state index in [1.54, 1.807) is 4.90 Å². The van der Waals surface area contributed by atoms with Crippen molar-refractivity contribution >= 4 is 5.97 Å². The van der Waals surface area contributed by atoms with E-state index in [4.69, 9.17) is 0 Å². The topological polar surface area (TPSA) is 58.4 Å². The number of hydrogen-bond acceptors (Lipinski definition) is 3. The Bertz CT molecular complexity index is 537. The zero-order chi connectivity index (χ0) is 15.3. The molecule has 1 aromatic rings. The number of alkyl halides is 3. The van der Waals surface area contributed by atoms with Gasteiger partial charge in [0.15, 0.2) is 5.69 Å². The Labute approximate surface area is 114 Å². The number of rotatable bonds is 3. The van der Waals surface area contributed by atoms with Crippen LogP contribution in [-0.4, -0.2) is 38.3 Å². The standard InChI is InChI=1S/C12H16F3N3O2/c1-11(2)6-18(9(11)10(19)20)5-7-4-8(12(13,14)15)16-17(7)3/h4,9H,5-6H2,1-3H3,(H,19,20). The Balaban J connectivity index is 2.16. The van der Waals surface area contributed by atoms with Crippen LogP contribution in [0.15, 0.2) is 6.07 Å². The molecule has 20 heavy (non-hydrogen) atoms. The van der Waals surface area contributed by atoms with Crippen LogP contribution in [0.3, 0.4) is 0 Å². The van der Waals surface area contributed by atoms with Gasteiger partial charge in [-0.2, -0.15) is 18.3 Å². The van der Waals surface area contributed by atoms with E-state index < -0.39 is 23.9 Å². The molecule has 1 aliphatic rings. The second-order valence-electron chi connectivity index (χ2n) is 5.78. The lowest BCUT2D eigenvalue weighted by atomic mass is 9.75. The molecule has 0 spiro atoms. The Hall–Kier alpha value is -1.57. The highest BCUT2D eigenvalue weighted by Gasteiger charge is 2.50. The van der Waals surface area contributed by atoms with Gasteiger partial charge in [-0.15, -0.1) is 0 Å². The fraction of sp³-hybridized carbons (Fsp3) is 0.667. The molecule has 0 aromatic carbocycles. The number of aromatic nitrogens is 2. The molecule has 0 bridgehead atoms. The molecule has 0 saturated carbocycles. The molecule has 0 aliphatic carbocycles. The van der Waals surface area contributed by atoms with Gasteiger partial charge in [0, 0.05) is 25.6 Å². The molecular formula is C12H16F3N3O2. The molecular weight excluding hydrogens is 275 g/mol. The predicted molar refractivity (Wildman–Crippen MR) is 63.8 cm³/mol. The molecule has 2 heterocycles. The van der Waals surface area contributed by atoms with Crippen molar-refractivity contribution < 1.29 is 23.1 Å². The number of carboxylic acids is 1. The largest absolute Gasteiger partial charge is 0.480 e. The van der Waals surface area contributed by atoms with E-state index in [0.29, 0.717) is 12.2 Å². The summed E-state index contributed by atoms with van der Waals surface area (Å²) in [5, 5.41) is 12.6. The average molecular weight is 291 g/mol. The van der Waals surface area contributed by atoms with Gasteiger partial charge in [-0.05, 0) is 6.07 Å². The number of nitrogens with zero attached hydrogens (tertiary/aromatic N) is 3. The summed E-state index contributed by atoms with van der Waals surface area (Å²) in [6.45, 7) is 4.32. The lowest BCUT2D eigenvalue weighted by Crippen LogP contribution is -2.64. The zero-order valence-electron chi connectivity index (χ0n) is 11.4. The summed E-state index contributed by atoms with van der Waals surface area (Å²) in [6, 6.07) is 0.274. The van der Waals surface area contributed by atoms with Crippen LogP contribution in [-0.2, 0) is 24.6 Å². The summed E-state index contributed by atoms with van der Waals surface area (Å²) >= 11 is 0. The van der Waals surface area contributed by atoms with Crippen molar-refractivity contribution in [3.8, 4) is 0 Å². The smallest absolute Gasteiger partial charge is 0.435 e. The molecule has 1 N–H and O–H groups in total. The molecule has 0 amide bonds.